The fraction of sp³-hybridized carbons (Fsp3) is 0.944. The molecular formula is C18H34O7. The minimum Gasteiger partial charge on any atom is -0.394 e. The molecule has 0 amide bonds. The van der Waals surface area contributed by atoms with E-state index < -0.39 is 24.6 Å². The predicted octanol–water partition coefficient (Wildman–Crippen LogP) is 1.02. The molecule has 0 saturated carbocycles. The molecule has 0 spiro atoms. The Hall–Kier alpha value is -0.570. The molecule has 0 radical (unpaired) electrons. The molecule has 0 aromatic rings. The topological polar surface area (TPSA) is 105 Å². The molecule has 5 atom stereocenters. The molecular weight excluding hydrogens is 328 g/mol. The summed E-state index contributed by atoms with van der Waals surface area (Å²) in [5, 5.41) is 28.9. The SMILES string of the molecule is COCCC(=O)CCCCCCCO[C@@H]1OC(CO)[C@H](O)[C@H](O)C1C. The molecule has 3 N–H and O–H groups in total. The van der Waals surface area contributed by atoms with Gasteiger partial charge in [0.1, 0.15) is 18.0 Å². The van der Waals surface area contributed by atoms with Gasteiger partial charge in [-0.05, 0) is 12.8 Å². The van der Waals surface area contributed by atoms with Crippen LogP contribution in [-0.2, 0) is 19.0 Å². The van der Waals surface area contributed by atoms with Crippen molar-refractivity contribution >= 4 is 5.78 Å². The van der Waals surface area contributed by atoms with Crippen molar-refractivity contribution in [3.63, 3.8) is 0 Å². The van der Waals surface area contributed by atoms with Crippen LogP contribution in [0.3, 0.4) is 0 Å². The Morgan fingerprint density at radius 1 is 1.00 bits per heavy atom. The van der Waals surface area contributed by atoms with E-state index in [9.17, 15) is 20.1 Å². The van der Waals surface area contributed by atoms with Crippen LogP contribution in [0.15, 0.2) is 0 Å². The fourth-order valence-corrected chi connectivity index (χ4v) is 2.91. The third kappa shape index (κ3) is 8.11. The number of carbonyl (C=O) groups is 1. The molecule has 1 saturated heterocycles. The monoisotopic (exact) mass is 362 g/mol. The lowest BCUT2D eigenvalue weighted by atomic mass is 9.92. The number of unbranched alkanes of at least 4 members (excludes halogenated alkanes) is 4. The summed E-state index contributed by atoms with van der Waals surface area (Å²) in [5.74, 6) is -0.0938. The number of methoxy groups -OCH3 is 1. The summed E-state index contributed by atoms with van der Waals surface area (Å²) >= 11 is 0. The zero-order valence-electron chi connectivity index (χ0n) is 15.4. The second-order valence-corrected chi connectivity index (χ2v) is 6.74. The number of carbonyl (C=O) groups excluding carboxylic acids is 1. The Kier molecular flexibility index (Phi) is 11.4. The maximum Gasteiger partial charge on any atom is 0.163 e. The van der Waals surface area contributed by atoms with Crippen molar-refractivity contribution in [2.75, 3.05) is 26.9 Å². The molecule has 25 heavy (non-hydrogen) atoms. The average molecular weight is 362 g/mol. The van der Waals surface area contributed by atoms with E-state index in [1.54, 1.807) is 14.0 Å². The van der Waals surface area contributed by atoms with Gasteiger partial charge in [0.25, 0.3) is 0 Å². The normalized spacial score (nSPS) is 29.7. The highest BCUT2D eigenvalue weighted by atomic mass is 16.7. The molecule has 0 aromatic carbocycles. The molecule has 0 bridgehead atoms. The summed E-state index contributed by atoms with van der Waals surface area (Å²) in [6.45, 7) is 2.41. The Bertz CT molecular complexity index is 361. The van der Waals surface area contributed by atoms with Gasteiger partial charge in [0, 0.05) is 32.5 Å². The number of ketones is 1. The van der Waals surface area contributed by atoms with Gasteiger partial charge in [-0.1, -0.05) is 26.2 Å². The van der Waals surface area contributed by atoms with Gasteiger partial charge in [-0.2, -0.15) is 0 Å². The summed E-state index contributed by atoms with van der Waals surface area (Å²) in [6.07, 6.45) is 2.48. The largest absolute Gasteiger partial charge is 0.394 e. The summed E-state index contributed by atoms with van der Waals surface area (Å²) in [4.78, 5) is 11.5. The van der Waals surface area contributed by atoms with Crippen molar-refractivity contribution in [2.45, 2.75) is 76.5 Å². The maximum atomic E-state index is 11.5. The van der Waals surface area contributed by atoms with Crippen molar-refractivity contribution in [3.05, 3.63) is 0 Å². The molecule has 0 aliphatic carbocycles. The van der Waals surface area contributed by atoms with E-state index in [2.05, 4.69) is 0 Å². The molecule has 148 valence electrons. The predicted molar refractivity (Wildman–Crippen MR) is 92.1 cm³/mol. The first-order chi connectivity index (χ1) is 12.0. The Morgan fingerprint density at radius 2 is 1.68 bits per heavy atom. The van der Waals surface area contributed by atoms with Gasteiger partial charge in [0.2, 0.25) is 0 Å². The zero-order chi connectivity index (χ0) is 18.7. The van der Waals surface area contributed by atoms with Crippen LogP contribution in [0.1, 0.15) is 51.9 Å². The number of hydrogen-bond donors (Lipinski definition) is 3. The highest BCUT2D eigenvalue weighted by Crippen LogP contribution is 2.26. The van der Waals surface area contributed by atoms with Crippen molar-refractivity contribution in [2.24, 2.45) is 5.92 Å². The van der Waals surface area contributed by atoms with E-state index in [0.29, 0.717) is 26.1 Å². The molecule has 1 aliphatic heterocycles. The van der Waals surface area contributed by atoms with E-state index >= 15 is 0 Å². The lowest BCUT2D eigenvalue weighted by Gasteiger charge is -2.40. The summed E-state index contributed by atoms with van der Waals surface area (Å²) < 4.78 is 16.0. The van der Waals surface area contributed by atoms with Gasteiger partial charge >= 0.3 is 0 Å². The smallest absolute Gasteiger partial charge is 0.163 e. The third-order valence-electron chi connectivity index (χ3n) is 4.65. The first kappa shape index (κ1) is 22.5. The zero-order valence-corrected chi connectivity index (χ0v) is 15.4. The lowest BCUT2D eigenvalue weighted by molar-refractivity contribution is -0.282. The Morgan fingerprint density at radius 3 is 2.36 bits per heavy atom. The number of aliphatic hydroxyl groups is 3. The van der Waals surface area contributed by atoms with Crippen LogP contribution in [0, 0.1) is 5.92 Å². The lowest BCUT2D eigenvalue weighted by Crippen LogP contribution is -2.55. The minimum absolute atomic E-state index is 0.257. The highest BCUT2D eigenvalue weighted by Gasteiger charge is 2.42. The molecule has 1 fully saturated rings. The van der Waals surface area contributed by atoms with Crippen molar-refractivity contribution in [1.82, 2.24) is 0 Å². The van der Waals surface area contributed by atoms with E-state index in [4.69, 9.17) is 14.2 Å². The number of ether oxygens (including phenoxy) is 3. The van der Waals surface area contributed by atoms with Crippen molar-refractivity contribution in [3.8, 4) is 0 Å². The molecule has 1 heterocycles. The van der Waals surface area contributed by atoms with Gasteiger partial charge in [0.15, 0.2) is 6.29 Å². The van der Waals surface area contributed by atoms with Crippen LogP contribution in [0.2, 0.25) is 0 Å². The molecule has 1 rings (SSSR count). The number of aliphatic hydroxyl groups excluding tert-OH is 3. The number of rotatable bonds is 13. The second-order valence-electron chi connectivity index (χ2n) is 6.74. The van der Waals surface area contributed by atoms with E-state index in [1.807, 2.05) is 0 Å². The Labute approximate surface area is 150 Å². The van der Waals surface area contributed by atoms with Gasteiger partial charge in [-0.3, -0.25) is 4.79 Å². The molecule has 1 aliphatic rings. The summed E-state index contributed by atoms with van der Waals surface area (Å²) in [6, 6.07) is 0. The first-order valence-corrected chi connectivity index (χ1v) is 9.26. The van der Waals surface area contributed by atoms with Gasteiger partial charge in [-0.25, -0.2) is 0 Å². The van der Waals surface area contributed by atoms with Crippen molar-refractivity contribution in [1.29, 1.82) is 0 Å². The summed E-state index contributed by atoms with van der Waals surface area (Å²) in [5.41, 5.74) is 0. The van der Waals surface area contributed by atoms with Gasteiger partial charge in [0.05, 0.1) is 19.3 Å². The van der Waals surface area contributed by atoms with Gasteiger partial charge < -0.3 is 29.5 Å². The minimum atomic E-state index is -1.09. The van der Waals surface area contributed by atoms with E-state index in [-0.39, 0.29) is 18.3 Å². The van der Waals surface area contributed by atoms with E-state index in [1.165, 1.54) is 0 Å². The third-order valence-corrected chi connectivity index (χ3v) is 4.65. The van der Waals surface area contributed by atoms with Crippen LogP contribution in [-0.4, -0.2) is 72.6 Å². The molecule has 2 unspecified atom stereocenters. The number of hydrogen-bond acceptors (Lipinski definition) is 7. The van der Waals surface area contributed by atoms with Crippen LogP contribution in [0.5, 0.6) is 0 Å². The van der Waals surface area contributed by atoms with Crippen molar-refractivity contribution < 1.29 is 34.3 Å². The fourth-order valence-electron chi connectivity index (χ4n) is 2.91. The first-order valence-electron chi connectivity index (χ1n) is 9.26. The standard InChI is InChI=1S/C18H34O7/c1-13-16(21)17(22)15(12-19)25-18(13)24-10-7-5-3-4-6-8-14(20)9-11-23-2/h13,15-19,21-22H,3-12H2,1-2H3/t13?,15?,16-,17+,18-/m1/s1. The van der Waals surface area contributed by atoms with Crippen LogP contribution < -0.4 is 0 Å². The quantitative estimate of drug-likeness (QED) is 0.420. The number of Topliss-reactive ketones (excluding diaryl/α,β-unsaturated/α-hetero) is 1. The highest BCUT2D eigenvalue weighted by molar-refractivity contribution is 5.78. The molecule has 7 heteroatoms. The average Bonchev–Trinajstić information content (AvgIpc) is 2.61. The van der Waals surface area contributed by atoms with Crippen LogP contribution in [0.4, 0.5) is 0 Å². The molecule has 7 nitrogen and oxygen atoms in total. The second kappa shape index (κ2) is 12.7. The summed E-state index contributed by atoms with van der Waals surface area (Å²) in [7, 11) is 1.60. The van der Waals surface area contributed by atoms with Crippen LogP contribution in [0.25, 0.3) is 0 Å². The van der Waals surface area contributed by atoms with Gasteiger partial charge in [-0.15, -0.1) is 0 Å². The van der Waals surface area contributed by atoms with Crippen LogP contribution >= 0.6 is 0 Å². The maximum absolute atomic E-state index is 11.5. The van der Waals surface area contributed by atoms with E-state index in [0.717, 1.165) is 32.1 Å². The molecule has 0 aromatic heterocycles. The Balaban J connectivity index is 2.06.